The summed E-state index contributed by atoms with van der Waals surface area (Å²) in [5.74, 6) is -3.01. The third kappa shape index (κ3) is 25.2. The van der Waals surface area contributed by atoms with Crippen LogP contribution in [-0.2, 0) is 0 Å². The molecule has 20 nitrogen and oxygen atoms in total. The Labute approximate surface area is 481 Å². The number of rotatable bonds is 12. The van der Waals surface area contributed by atoms with E-state index >= 15 is 0 Å². The maximum Gasteiger partial charge on any atom is 3.00 e. The number of para-hydroxylation sites is 6. The molecule has 0 fully saturated rings. The maximum atomic E-state index is 11.0. The van der Waals surface area contributed by atoms with Gasteiger partial charge in [-0.25, -0.2) is 0 Å². The molecule has 6 aromatic rings. The molecule has 0 aliphatic heterocycles. The molecule has 0 spiro atoms. The molecule has 0 saturated heterocycles. The molecule has 0 bridgehead atoms. The molecule has 0 N–H and O–H groups in total. The molecule has 0 radical (unpaired) electrons. The normalized spacial score (nSPS) is 8.32. The molecular formula is C52H36Ho2N2O18. The molecule has 22 heteroatoms. The van der Waals surface area contributed by atoms with E-state index in [1.54, 1.807) is 12.1 Å². The van der Waals surface area contributed by atoms with Gasteiger partial charge in [-0.3, -0.25) is 57.5 Å². The summed E-state index contributed by atoms with van der Waals surface area (Å²) in [7, 11) is 0. The van der Waals surface area contributed by atoms with Crippen LogP contribution in [0.4, 0.5) is 0 Å². The minimum absolute atomic E-state index is 0. The summed E-state index contributed by atoms with van der Waals surface area (Å²) in [6.45, 7) is 2.86. The van der Waals surface area contributed by atoms with Gasteiger partial charge in [0.1, 0.15) is 75.4 Å². The fraction of sp³-hybridized carbons (Fsp3) is 0.0385. The predicted octanol–water partition coefficient (Wildman–Crippen LogP) is 3.37. The number of nitriles is 2. The van der Waals surface area contributed by atoms with Gasteiger partial charge in [0.15, 0.2) is 0 Å². The molecule has 6 aromatic carbocycles. The molecule has 74 heavy (non-hydrogen) atoms. The molecule has 0 aromatic heterocycles. The Bertz CT molecular complexity index is 2280. The largest absolute Gasteiger partial charge is 3.00 e. The minimum atomic E-state index is -0.502. The van der Waals surface area contributed by atoms with Gasteiger partial charge < -0.3 is 30.6 Å². The Morgan fingerprint density at radius 1 is 0.257 bits per heavy atom. The van der Waals surface area contributed by atoms with E-state index in [4.69, 9.17) is 10.5 Å². The van der Waals surface area contributed by atoms with Gasteiger partial charge in [0.25, 0.3) is 0 Å². The van der Waals surface area contributed by atoms with Gasteiger partial charge in [-0.1, -0.05) is 144 Å². The van der Waals surface area contributed by atoms with Crippen molar-refractivity contribution in [1.29, 1.82) is 10.5 Å². The Morgan fingerprint density at radius 2 is 0.324 bits per heavy atom. The van der Waals surface area contributed by atoms with Gasteiger partial charge in [-0.2, -0.15) is 10.5 Å². The molecule has 0 amide bonds. The molecule has 0 heterocycles. The van der Waals surface area contributed by atoms with Crippen molar-refractivity contribution in [3.8, 4) is 46.6 Å². The fourth-order valence-electron chi connectivity index (χ4n) is 4.55. The van der Waals surface area contributed by atoms with E-state index in [0.717, 1.165) is 0 Å². The van der Waals surface area contributed by atoms with Crippen molar-refractivity contribution in [2.75, 3.05) is 0 Å². The van der Waals surface area contributed by atoms with Crippen molar-refractivity contribution < 1.29 is 164 Å². The Balaban J connectivity index is -0.000000386. The Kier molecular flexibility index (Phi) is 42.4. The van der Waals surface area contributed by atoms with Gasteiger partial charge in [-0.05, 0) is 0 Å². The average Bonchev–Trinajstić information content (AvgIpc) is 3.40. The second-order valence-corrected chi connectivity index (χ2v) is 12.5. The molecular weight excluding hydrogens is 1270 g/mol. The van der Waals surface area contributed by atoms with Crippen molar-refractivity contribution in [3.63, 3.8) is 0 Å². The second-order valence-electron chi connectivity index (χ2n) is 12.5. The smallest absolute Gasteiger partial charge is 0.871 e. The van der Waals surface area contributed by atoms with Crippen LogP contribution in [0.3, 0.4) is 0 Å². The first-order valence-electron chi connectivity index (χ1n) is 19.4. The van der Waals surface area contributed by atoms with E-state index in [0.29, 0.717) is 75.4 Å². The van der Waals surface area contributed by atoms with Crippen LogP contribution in [0.2, 0.25) is 0 Å². The quantitative estimate of drug-likeness (QED) is 0.125. The van der Waals surface area contributed by atoms with E-state index in [2.05, 4.69) is 0 Å². The van der Waals surface area contributed by atoms with E-state index in [1.807, 2.05) is 0 Å². The summed E-state index contributed by atoms with van der Waals surface area (Å²) in [5, 5.41) is 80.5. The van der Waals surface area contributed by atoms with Crippen LogP contribution in [0, 0.1) is 98.1 Å². The van der Waals surface area contributed by atoms with Crippen LogP contribution in [0.5, 0.6) is 34.5 Å². The van der Waals surface area contributed by atoms with Crippen LogP contribution in [0.1, 0.15) is 138 Å². The summed E-state index contributed by atoms with van der Waals surface area (Å²) in [6, 6.07) is 29.0. The van der Waals surface area contributed by atoms with Crippen LogP contribution in [0.15, 0.2) is 109 Å². The molecule has 0 atom stereocenters. The van der Waals surface area contributed by atoms with Crippen LogP contribution >= 0.6 is 0 Å². The van der Waals surface area contributed by atoms with Crippen LogP contribution in [0.25, 0.3) is 0 Å². The van der Waals surface area contributed by atoms with E-state index < -0.39 is 34.5 Å². The molecule has 6 rings (SSSR count). The number of carbonyl (C=O) groups excluding carboxylic acids is 12. The maximum absolute atomic E-state index is 11.0. The Morgan fingerprint density at radius 3 is 0.378 bits per heavy atom. The first kappa shape index (κ1) is 72.2. The first-order chi connectivity index (χ1) is 34.6. The SMILES string of the molecule is CC#N.CC#N.O=Cc1cccc(C=O)c1[O-].O=Cc1cccc(C=O)c1[O-].O=Cc1cccc(C=O)c1[O-].O=Cc1cccc(C=O)c1[O-].O=Cc1cccc(C=O)c1[O-].O=Cc1cccc(C=O)c1[O-].[Ho+3].[Ho+3]. The molecule has 0 aliphatic carbocycles. The molecule has 0 unspecified atom stereocenters. The molecule has 384 valence electrons. The summed E-state index contributed by atoms with van der Waals surface area (Å²) in [4.78, 5) is 122. The Hall–Kier alpha value is -8.34. The van der Waals surface area contributed by atoms with Gasteiger partial charge in [0.2, 0.25) is 0 Å². The van der Waals surface area contributed by atoms with Crippen molar-refractivity contribution in [1.82, 2.24) is 0 Å². The van der Waals surface area contributed by atoms with E-state index in [1.165, 1.54) is 123 Å². The van der Waals surface area contributed by atoms with Gasteiger partial charge in [-0.15, -0.1) is 0 Å². The zero-order valence-electron chi connectivity index (χ0n) is 38.2. The van der Waals surface area contributed by atoms with Crippen LogP contribution < -0.4 is 30.6 Å². The zero-order chi connectivity index (χ0) is 55.0. The zero-order valence-corrected chi connectivity index (χ0v) is 42.0. The van der Waals surface area contributed by atoms with Gasteiger partial charge in [0, 0.05) is 80.6 Å². The van der Waals surface area contributed by atoms with Crippen molar-refractivity contribution in [2.45, 2.75) is 13.8 Å². The number of benzene rings is 6. The third-order valence-corrected chi connectivity index (χ3v) is 7.98. The number of carbonyl (C=O) groups is 12. The van der Waals surface area contributed by atoms with Crippen molar-refractivity contribution in [2.24, 2.45) is 0 Å². The number of aldehydes is 12. The summed E-state index contributed by atoms with van der Waals surface area (Å²) in [5.41, 5.74) is 0.273. The number of nitrogens with zero attached hydrogens (tertiary/aromatic N) is 2. The molecule has 0 aliphatic rings. The summed E-state index contributed by atoms with van der Waals surface area (Å²) in [6.07, 6.45) is 5.28. The summed E-state index contributed by atoms with van der Waals surface area (Å²) < 4.78 is 0. The summed E-state index contributed by atoms with van der Waals surface area (Å²) >= 11 is 0. The standard InChI is InChI=1S/6C8H6O3.2C2H3N.2Ho/c6*9-4-6-2-1-3-7(5-10)8(6)11;2*1-2-3;;/h6*1-5,11H;2*1H3;;/q;;;;;;;;2*+3/p-6. The minimum Gasteiger partial charge on any atom is -0.871 e. The monoisotopic (exact) mass is 1310 g/mol. The molecule has 0 saturated carbocycles. The van der Waals surface area contributed by atoms with Gasteiger partial charge >= 0.3 is 75.5 Å². The predicted molar refractivity (Wildman–Crippen MR) is 243 cm³/mol. The number of hydrogen-bond donors (Lipinski definition) is 0. The first-order valence-corrected chi connectivity index (χ1v) is 19.4. The van der Waals surface area contributed by atoms with Gasteiger partial charge in [0.05, 0.1) is 12.1 Å². The van der Waals surface area contributed by atoms with E-state index in [-0.39, 0.29) is 142 Å². The fourth-order valence-corrected chi connectivity index (χ4v) is 4.55. The third-order valence-electron chi connectivity index (χ3n) is 7.98. The van der Waals surface area contributed by atoms with Crippen molar-refractivity contribution in [3.05, 3.63) is 176 Å². The second kappa shape index (κ2) is 43.4. The van der Waals surface area contributed by atoms with Crippen LogP contribution in [-0.4, -0.2) is 75.4 Å². The topological polar surface area (TPSA) is 391 Å². The number of hydrogen-bond acceptors (Lipinski definition) is 20. The average molecular weight is 1310 g/mol. The van der Waals surface area contributed by atoms with E-state index in [9.17, 15) is 88.2 Å². The van der Waals surface area contributed by atoms with Crippen molar-refractivity contribution >= 4 is 75.4 Å².